The average Bonchev–Trinajstić information content (AvgIpc) is 3.04. The zero-order valence-corrected chi connectivity index (χ0v) is 13.9. The van der Waals surface area contributed by atoms with E-state index in [1.54, 1.807) is 0 Å². The molecule has 1 aromatic carbocycles. The van der Waals surface area contributed by atoms with Crippen molar-refractivity contribution in [1.29, 1.82) is 0 Å². The first kappa shape index (κ1) is 14.9. The number of aryl methyl sites for hydroxylation is 1. The van der Waals surface area contributed by atoms with Gasteiger partial charge >= 0.3 is 0 Å². The Bertz CT molecular complexity index is 950. The topological polar surface area (TPSA) is 77.8 Å². The molecule has 3 heterocycles. The minimum absolute atomic E-state index is 0.157. The van der Waals surface area contributed by atoms with E-state index in [-0.39, 0.29) is 5.56 Å². The van der Waals surface area contributed by atoms with Gasteiger partial charge in [-0.25, -0.2) is 4.98 Å². The molecule has 7 nitrogen and oxygen atoms in total. The van der Waals surface area contributed by atoms with E-state index in [4.69, 9.17) is 9.47 Å². The van der Waals surface area contributed by atoms with Crippen LogP contribution in [0, 0.1) is 0 Å². The second-order valence-corrected chi connectivity index (χ2v) is 6.38. The fraction of sp³-hybridized carbons (Fsp3) is 0.312. The number of aromatic nitrogens is 3. The van der Waals surface area contributed by atoms with Crippen molar-refractivity contribution in [2.45, 2.75) is 19.9 Å². The molecule has 0 saturated carbocycles. The van der Waals surface area contributed by atoms with Crippen LogP contribution in [-0.4, -0.2) is 27.8 Å². The molecule has 0 bridgehead atoms. The Labute approximate surface area is 141 Å². The molecule has 0 spiro atoms. The zero-order valence-electron chi connectivity index (χ0n) is 13.1. The Morgan fingerprint density at radius 3 is 2.92 bits per heavy atom. The molecule has 0 saturated heterocycles. The molecule has 4 rings (SSSR count). The fourth-order valence-corrected chi connectivity index (χ4v) is 3.33. The molecule has 124 valence electrons. The SMILES string of the molecule is CCc1nn2c(=O)cc(CNc3ccc4c(c3)OCCO4)nc2s1. The number of anilines is 1. The molecule has 0 radical (unpaired) electrons. The van der Waals surface area contributed by atoms with Crippen molar-refractivity contribution < 1.29 is 9.47 Å². The summed E-state index contributed by atoms with van der Waals surface area (Å²) in [4.78, 5) is 17.3. The number of benzene rings is 1. The highest BCUT2D eigenvalue weighted by Crippen LogP contribution is 2.32. The van der Waals surface area contributed by atoms with Crippen LogP contribution in [-0.2, 0) is 13.0 Å². The van der Waals surface area contributed by atoms with Gasteiger partial charge in [-0.1, -0.05) is 18.3 Å². The number of nitrogens with zero attached hydrogens (tertiary/aromatic N) is 3. The number of hydrogen-bond acceptors (Lipinski definition) is 7. The summed E-state index contributed by atoms with van der Waals surface area (Å²) >= 11 is 1.44. The van der Waals surface area contributed by atoms with Gasteiger partial charge in [-0.15, -0.1) is 0 Å². The summed E-state index contributed by atoms with van der Waals surface area (Å²) in [7, 11) is 0. The molecule has 1 aliphatic rings. The van der Waals surface area contributed by atoms with E-state index >= 15 is 0 Å². The van der Waals surface area contributed by atoms with Crippen molar-refractivity contribution in [2.24, 2.45) is 0 Å². The van der Waals surface area contributed by atoms with Gasteiger partial charge in [-0.2, -0.15) is 9.61 Å². The first-order chi connectivity index (χ1) is 11.7. The van der Waals surface area contributed by atoms with E-state index in [0.717, 1.165) is 28.6 Å². The molecule has 8 heteroatoms. The minimum atomic E-state index is -0.157. The van der Waals surface area contributed by atoms with Crippen molar-refractivity contribution >= 4 is 22.0 Å². The smallest absolute Gasteiger partial charge is 0.275 e. The van der Waals surface area contributed by atoms with Crippen molar-refractivity contribution in [1.82, 2.24) is 14.6 Å². The van der Waals surface area contributed by atoms with E-state index in [0.29, 0.717) is 30.4 Å². The van der Waals surface area contributed by atoms with E-state index in [1.165, 1.54) is 21.9 Å². The molecular formula is C16H16N4O3S. The standard InChI is InChI=1S/C16H16N4O3S/c1-2-14-19-20-15(21)8-11(18-16(20)24-14)9-17-10-3-4-12-13(7-10)23-6-5-22-12/h3-4,7-8,17H,2,5-6,9H2,1H3. The van der Waals surface area contributed by atoms with Crippen LogP contribution in [0.4, 0.5) is 5.69 Å². The first-order valence-corrected chi connectivity index (χ1v) is 8.57. The van der Waals surface area contributed by atoms with Gasteiger partial charge in [0.15, 0.2) is 11.5 Å². The van der Waals surface area contributed by atoms with Crippen molar-refractivity contribution in [2.75, 3.05) is 18.5 Å². The van der Waals surface area contributed by atoms with Crippen LogP contribution in [0.5, 0.6) is 11.5 Å². The number of fused-ring (bicyclic) bond motifs is 2. The third-order valence-corrected chi connectivity index (χ3v) is 4.71. The Balaban J connectivity index is 1.55. The largest absolute Gasteiger partial charge is 0.486 e. The summed E-state index contributed by atoms with van der Waals surface area (Å²) < 4.78 is 12.4. The summed E-state index contributed by atoms with van der Waals surface area (Å²) in [5.41, 5.74) is 1.41. The molecule has 0 unspecified atom stereocenters. The highest BCUT2D eigenvalue weighted by Gasteiger charge is 2.12. The van der Waals surface area contributed by atoms with Crippen LogP contribution >= 0.6 is 11.3 Å². The van der Waals surface area contributed by atoms with Gasteiger partial charge in [0.25, 0.3) is 5.56 Å². The molecule has 0 aliphatic carbocycles. The Kier molecular flexibility index (Phi) is 3.81. The maximum absolute atomic E-state index is 12.1. The van der Waals surface area contributed by atoms with Crippen molar-refractivity contribution in [3.8, 4) is 11.5 Å². The van der Waals surface area contributed by atoms with Crippen LogP contribution in [0.1, 0.15) is 17.6 Å². The lowest BCUT2D eigenvalue weighted by molar-refractivity contribution is 0.171. The lowest BCUT2D eigenvalue weighted by atomic mass is 10.2. The molecule has 24 heavy (non-hydrogen) atoms. The van der Waals surface area contributed by atoms with Crippen LogP contribution in [0.15, 0.2) is 29.1 Å². The molecule has 0 fully saturated rings. The number of rotatable bonds is 4. The van der Waals surface area contributed by atoms with Gasteiger partial charge in [0.2, 0.25) is 4.96 Å². The van der Waals surface area contributed by atoms with E-state index in [9.17, 15) is 4.79 Å². The van der Waals surface area contributed by atoms with Crippen LogP contribution in [0.2, 0.25) is 0 Å². The summed E-state index contributed by atoms with van der Waals surface area (Å²) in [6.45, 7) is 3.58. The van der Waals surface area contributed by atoms with Gasteiger partial charge in [-0.05, 0) is 18.6 Å². The van der Waals surface area contributed by atoms with Gasteiger partial charge in [0, 0.05) is 17.8 Å². The normalized spacial score (nSPS) is 13.2. The molecule has 0 atom stereocenters. The number of ether oxygens (including phenoxy) is 2. The highest BCUT2D eigenvalue weighted by atomic mass is 32.1. The van der Waals surface area contributed by atoms with Crippen LogP contribution in [0.25, 0.3) is 4.96 Å². The highest BCUT2D eigenvalue weighted by molar-refractivity contribution is 7.16. The van der Waals surface area contributed by atoms with E-state index < -0.39 is 0 Å². The van der Waals surface area contributed by atoms with E-state index in [1.807, 2.05) is 25.1 Å². The second-order valence-electron chi connectivity index (χ2n) is 5.34. The average molecular weight is 344 g/mol. The second kappa shape index (κ2) is 6.12. The predicted octanol–water partition coefficient (Wildman–Crippen LogP) is 2.10. The van der Waals surface area contributed by atoms with Gasteiger partial charge in [0.05, 0.1) is 12.2 Å². The van der Waals surface area contributed by atoms with Gasteiger partial charge in [-0.3, -0.25) is 4.79 Å². The predicted molar refractivity (Wildman–Crippen MR) is 91.3 cm³/mol. The quantitative estimate of drug-likeness (QED) is 0.781. The summed E-state index contributed by atoms with van der Waals surface area (Å²) in [6, 6.07) is 7.19. The Morgan fingerprint density at radius 2 is 2.08 bits per heavy atom. The fourth-order valence-electron chi connectivity index (χ4n) is 2.48. The number of nitrogens with one attached hydrogen (secondary N) is 1. The molecule has 1 N–H and O–H groups in total. The summed E-state index contributed by atoms with van der Waals surface area (Å²) in [5.74, 6) is 1.48. The monoisotopic (exact) mass is 344 g/mol. The number of hydrogen-bond donors (Lipinski definition) is 1. The Morgan fingerprint density at radius 1 is 1.25 bits per heavy atom. The van der Waals surface area contributed by atoms with Gasteiger partial charge in [0.1, 0.15) is 18.2 Å². The lowest BCUT2D eigenvalue weighted by Crippen LogP contribution is -2.17. The summed E-state index contributed by atoms with van der Waals surface area (Å²) in [6.07, 6.45) is 0.790. The minimum Gasteiger partial charge on any atom is -0.486 e. The molecule has 1 aliphatic heterocycles. The van der Waals surface area contributed by atoms with Crippen LogP contribution in [0.3, 0.4) is 0 Å². The molecule has 3 aromatic rings. The first-order valence-electron chi connectivity index (χ1n) is 7.75. The maximum atomic E-state index is 12.1. The van der Waals surface area contributed by atoms with Crippen molar-refractivity contribution in [3.05, 3.63) is 45.3 Å². The molecular weight excluding hydrogens is 328 g/mol. The maximum Gasteiger partial charge on any atom is 0.275 e. The summed E-state index contributed by atoms with van der Waals surface area (Å²) in [5, 5.41) is 8.41. The van der Waals surface area contributed by atoms with E-state index in [2.05, 4.69) is 15.4 Å². The lowest BCUT2D eigenvalue weighted by Gasteiger charge is -2.19. The molecule has 2 aromatic heterocycles. The molecule has 0 amide bonds. The third kappa shape index (κ3) is 2.80. The van der Waals surface area contributed by atoms with Crippen molar-refractivity contribution in [3.63, 3.8) is 0 Å². The van der Waals surface area contributed by atoms with Gasteiger partial charge < -0.3 is 14.8 Å². The zero-order chi connectivity index (χ0) is 16.5. The Hall–Kier alpha value is -2.61. The third-order valence-electron chi connectivity index (χ3n) is 3.66. The van der Waals surface area contributed by atoms with Crippen LogP contribution < -0.4 is 20.3 Å².